The van der Waals surface area contributed by atoms with Crippen LogP contribution in [0.3, 0.4) is 0 Å². The molecule has 5 aromatic rings. The third-order valence-electron chi connectivity index (χ3n) is 6.50. The number of amides is 1. The fourth-order valence-corrected chi connectivity index (χ4v) is 4.48. The molecule has 0 radical (unpaired) electrons. The zero-order chi connectivity index (χ0) is 24.5. The monoisotopic (exact) mass is 479 g/mol. The number of fused-ring (bicyclic) bond motifs is 1. The van der Waals surface area contributed by atoms with Gasteiger partial charge in [0.2, 0.25) is 11.7 Å². The Kier molecular flexibility index (Phi) is 5.74. The second kappa shape index (κ2) is 9.35. The summed E-state index contributed by atoms with van der Waals surface area (Å²) in [5.74, 6) is 1.11. The van der Waals surface area contributed by atoms with Gasteiger partial charge in [-0.05, 0) is 13.0 Å². The van der Waals surface area contributed by atoms with Crippen LogP contribution in [-0.4, -0.2) is 66.6 Å². The number of piperazine rings is 1. The molecule has 1 fully saturated rings. The first kappa shape index (κ1) is 22.1. The van der Waals surface area contributed by atoms with E-state index in [1.165, 1.54) is 5.56 Å². The summed E-state index contributed by atoms with van der Waals surface area (Å²) >= 11 is 0. The zero-order valence-electron chi connectivity index (χ0n) is 19.9. The van der Waals surface area contributed by atoms with Crippen molar-refractivity contribution in [3.63, 3.8) is 0 Å². The van der Waals surface area contributed by atoms with Gasteiger partial charge in [0.05, 0.1) is 18.4 Å². The van der Waals surface area contributed by atoms with Crippen molar-refractivity contribution in [3.8, 4) is 22.6 Å². The van der Waals surface area contributed by atoms with E-state index in [0.29, 0.717) is 42.6 Å². The maximum atomic E-state index is 13.3. The molecule has 1 aliphatic heterocycles. The number of carbonyl (C=O) groups is 1. The molecule has 1 aliphatic rings. The summed E-state index contributed by atoms with van der Waals surface area (Å²) in [5, 5.41) is 8.61. The van der Waals surface area contributed by atoms with Crippen molar-refractivity contribution in [3.05, 3.63) is 90.1 Å². The van der Waals surface area contributed by atoms with Crippen molar-refractivity contribution in [1.82, 2.24) is 34.5 Å². The van der Waals surface area contributed by atoms with Gasteiger partial charge in [-0.25, -0.2) is 9.50 Å². The van der Waals surface area contributed by atoms with Crippen molar-refractivity contribution >= 4 is 11.6 Å². The summed E-state index contributed by atoms with van der Waals surface area (Å²) < 4.78 is 7.21. The molecule has 1 saturated heterocycles. The summed E-state index contributed by atoms with van der Waals surface area (Å²) in [6.45, 7) is 5.25. The van der Waals surface area contributed by atoms with E-state index in [2.05, 4.69) is 25.1 Å². The molecule has 180 valence electrons. The van der Waals surface area contributed by atoms with E-state index in [0.717, 1.165) is 29.9 Å². The number of hydrogen-bond donors (Lipinski definition) is 0. The molecule has 9 nitrogen and oxygen atoms in total. The van der Waals surface area contributed by atoms with Crippen LogP contribution < -0.4 is 0 Å². The molecular weight excluding hydrogens is 454 g/mol. The van der Waals surface area contributed by atoms with Crippen LogP contribution >= 0.6 is 0 Å². The minimum Gasteiger partial charge on any atom is -0.338 e. The Balaban J connectivity index is 1.12. The average Bonchev–Trinajstić information content (AvgIpc) is 3.57. The molecular formula is C27H25N7O2. The Bertz CT molecular complexity index is 1500. The number of nitrogens with zero attached hydrogens (tertiary/aromatic N) is 7. The second-order valence-electron chi connectivity index (χ2n) is 8.94. The highest BCUT2D eigenvalue weighted by Gasteiger charge is 2.26. The minimum absolute atomic E-state index is 0.0539. The van der Waals surface area contributed by atoms with Gasteiger partial charge in [-0.2, -0.15) is 10.1 Å². The second-order valence-corrected chi connectivity index (χ2v) is 8.94. The number of aromatic nitrogens is 5. The summed E-state index contributed by atoms with van der Waals surface area (Å²) in [6.07, 6.45) is 3.35. The molecule has 2 aromatic carbocycles. The van der Waals surface area contributed by atoms with Gasteiger partial charge in [0, 0.05) is 43.5 Å². The van der Waals surface area contributed by atoms with Crippen molar-refractivity contribution in [2.75, 3.05) is 26.2 Å². The maximum absolute atomic E-state index is 13.3. The molecule has 0 unspecified atom stereocenters. The number of hydrogen-bond acceptors (Lipinski definition) is 7. The van der Waals surface area contributed by atoms with Crippen molar-refractivity contribution in [2.45, 2.75) is 13.5 Å². The van der Waals surface area contributed by atoms with Gasteiger partial charge in [0.1, 0.15) is 5.56 Å². The highest BCUT2D eigenvalue weighted by atomic mass is 16.5. The Morgan fingerprint density at radius 3 is 2.50 bits per heavy atom. The molecule has 0 saturated carbocycles. The molecule has 6 rings (SSSR count). The summed E-state index contributed by atoms with van der Waals surface area (Å²) in [4.78, 5) is 26.4. The standard InChI is InChI=1S/C27H25N7O2/c1-19-7-9-21(10-8-19)25-30-24(36-31-25)18-32-13-15-33(16-14-32)27(35)22-17-29-34-23(11-12-28-26(22)34)20-5-3-2-4-6-20/h2-12,17H,13-16,18H2,1H3. The first-order chi connectivity index (χ1) is 17.7. The lowest BCUT2D eigenvalue weighted by Crippen LogP contribution is -2.48. The zero-order valence-corrected chi connectivity index (χ0v) is 19.9. The predicted molar refractivity (Wildman–Crippen MR) is 134 cm³/mol. The van der Waals surface area contributed by atoms with Crippen LogP contribution in [0.2, 0.25) is 0 Å². The normalized spacial score (nSPS) is 14.4. The number of benzene rings is 2. The van der Waals surface area contributed by atoms with Crippen molar-refractivity contribution in [2.24, 2.45) is 0 Å². The topological polar surface area (TPSA) is 92.7 Å². The smallest absolute Gasteiger partial charge is 0.259 e. The Morgan fingerprint density at radius 1 is 0.944 bits per heavy atom. The maximum Gasteiger partial charge on any atom is 0.259 e. The third-order valence-corrected chi connectivity index (χ3v) is 6.50. The first-order valence-corrected chi connectivity index (χ1v) is 11.9. The molecule has 0 spiro atoms. The van der Waals surface area contributed by atoms with Gasteiger partial charge < -0.3 is 9.42 Å². The fraction of sp³-hybridized carbons (Fsp3) is 0.222. The lowest BCUT2D eigenvalue weighted by atomic mass is 10.1. The largest absolute Gasteiger partial charge is 0.338 e. The molecule has 4 heterocycles. The highest BCUT2D eigenvalue weighted by Crippen LogP contribution is 2.22. The molecule has 3 aromatic heterocycles. The molecule has 0 atom stereocenters. The number of aryl methyl sites for hydroxylation is 1. The fourth-order valence-electron chi connectivity index (χ4n) is 4.48. The van der Waals surface area contributed by atoms with Gasteiger partial charge >= 0.3 is 0 Å². The molecule has 0 N–H and O–H groups in total. The van der Waals surface area contributed by atoms with Crippen LogP contribution in [0.5, 0.6) is 0 Å². The van der Waals surface area contributed by atoms with Crippen LogP contribution in [0.4, 0.5) is 0 Å². The molecule has 36 heavy (non-hydrogen) atoms. The van der Waals surface area contributed by atoms with Crippen LogP contribution in [0.1, 0.15) is 21.8 Å². The van der Waals surface area contributed by atoms with Crippen LogP contribution in [0.15, 0.2) is 77.6 Å². The van der Waals surface area contributed by atoms with Crippen LogP contribution in [0.25, 0.3) is 28.3 Å². The van der Waals surface area contributed by atoms with Crippen molar-refractivity contribution in [1.29, 1.82) is 0 Å². The minimum atomic E-state index is -0.0539. The van der Waals surface area contributed by atoms with E-state index in [1.54, 1.807) is 16.9 Å². The van der Waals surface area contributed by atoms with Gasteiger partial charge in [0.25, 0.3) is 5.91 Å². The van der Waals surface area contributed by atoms with E-state index >= 15 is 0 Å². The predicted octanol–water partition coefficient (Wildman–Crippen LogP) is 3.71. The average molecular weight is 480 g/mol. The molecule has 0 bridgehead atoms. The number of carbonyl (C=O) groups excluding carboxylic acids is 1. The van der Waals surface area contributed by atoms with E-state index in [4.69, 9.17) is 4.52 Å². The van der Waals surface area contributed by atoms with Gasteiger partial charge in [0.15, 0.2) is 5.65 Å². The highest BCUT2D eigenvalue weighted by molar-refractivity contribution is 6.00. The Morgan fingerprint density at radius 2 is 1.72 bits per heavy atom. The third kappa shape index (κ3) is 4.25. The van der Waals surface area contributed by atoms with Gasteiger partial charge in [-0.3, -0.25) is 9.69 Å². The Hall–Kier alpha value is -4.37. The summed E-state index contributed by atoms with van der Waals surface area (Å²) in [6, 6.07) is 19.9. The molecule has 0 aliphatic carbocycles. The quantitative estimate of drug-likeness (QED) is 0.379. The van der Waals surface area contributed by atoms with Crippen molar-refractivity contribution < 1.29 is 9.32 Å². The van der Waals surface area contributed by atoms with Gasteiger partial charge in [-0.1, -0.05) is 65.3 Å². The SMILES string of the molecule is Cc1ccc(-c2noc(CN3CCN(C(=O)c4cnn5c(-c6ccccc6)ccnc45)CC3)n2)cc1. The van der Waals surface area contributed by atoms with Gasteiger partial charge in [-0.15, -0.1) is 0 Å². The summed E-state index contributed by atoms with van der Waals surface area (Å²) in [5.41, 5.74) is 5.12. The van der Waals surface area contributed by atoms with E-state index in [9.17, 15) is 4.79 Å². The lowest BCUT2D eigenvalue weighted by molar-refractivity contribution is 0.0616. The summed E-state index contributed by atoms with van der Waals surface area (Å²) in [7, 11) is 0. The van der Waals surface area contributed by atoms with E-state index in [1.807, 2.05) is 72.5 Å². The van der Waals surface area contributed by atoms with E-state index in [-0.39, 0.29) is 5.91 Å². The van der Waals surface area contributed by atoms with Crippen LogP contribution in [-0.2, 0) is 6.54 Å². The Labute approximate surface area is 208 Å². The molecule has 9 heteroatoms. The molecule has 1 amide bonds. The number of rotatable bonds is 5. The van der Waals surface area contributed by atoms with Crippen LogP contribution in [0, 0.1) is 6.92 Å². The lowest BCUT2D eigenvalue weighted by Gasteiger charge is -2.33. The van der Waals surface area contributed by atoms with E-state index < -0.39 is 0 Å². The first-order valence-electron chi connectivity index (χ1n) is 11.9.